The number of carbonyl (C=O) groups is 4. The molecule has 2 aromatic carbocycles. The number of carbonyl (C=O) groups excluding carboxylic acids is 4. The lowest BCUT2D eigenvalue weighted by Crippen LogP contribution is -2.50. The van der Waals surface area contributed by atoms with Crippen LogP contribution in [0.25, 0.3) is 0 Å². The van der Waals surface area contributed by atoms with Crippen molar-refractivity contribution >= 4 is 23.8 Å². The molecule has 2 N–H and O–H groups in total. The van der Waals surface area contributed by atoms with Crippen LogP contribution < -0.4 is 15.4 Å². The van der Waals surface area contributed by atoms with E-state index in [1.807, 2.05) is 25.1 Å². The number of imide groups is 1. The molecule has 9 nitrogen and oxygen atoms in total. The molecule has 0 radical (unpaired) electrons. The van der Waals surface area contributed by atoms with Gasteiger partial charge in [-0.2, -0.15) is 0 Å². The monoisotopic (exact) mass is 478 g/mol. The molecule has 0 spiro atoms. The Morgan fingerprint density at radius 1 is 1.09 bits per heavy atom. The fourth-order valence-corrected chi connectivity index (χ4v) is 4.56. The summed E-state index contributed by atoms with van der Waals surface area (Å²) < 4.78 is 5.15. The zero-order valence-electron chi connectivity index (χ0n) is 20.2. The van der Waals surface area contributed by atoms with E-state index in [0.717, 1.165) is 10.5 Å². The van der Waals surface area contributed by atoms with E-state index >= 15 is 0 Å². The number of hydrogen-bond acceptors (Lipinski definition) is 5. The van der Waals surface area contributed by atoms with Gasteiger partial charge in [0.1, 0.15) is 17.8 Å². The van der Waals surface area contributed by atoms with E-state index in [1.165, 1.54) is 0 Å². The quantitative estimate of drug-likeness (QED) is 0.619. The highest BCUT2D eigenvalue weighted by Gasteiger charge is 2.49. The molecule has 4 rings (SSSR count). The number of amides is 5. The first kappa shape index (κ1) is 24.3. The van der Waals surface area contributed by atoms with Crippen LogP contribution in [-0.2, 0) is 15.1 Å². The number of nitrogens with zero attached hydrogens (tertiary/aromatic N) is 2. The molecule has 0 aromatic heterocycles. The molecule has 184 valence electrons. The fraction of sp³-hybridized carbons (Fsp3) is 0.385. The minimum absolute atomic E-state index is 0.0405. The molecule has 35 heavy (non-hydrogen) atoms. The first-order valence-corrected chi connectivity index (χ1v) is 11.7. The van der Waals surface area contributed by atoms with E-state index < -0.39 is 17.5 Å². The third kappa shape index (κ3) is 4.84. The van der Waals surface area contributed by atoms with Gasteiger partial charge in [-0.05, 0) is 56.0 Å². The van der Waals surface area contributed by atoms with Crippen LogP contribution in [0.3, 0.4) is 0 Å². The molecular formula is C26H30N4O5. The van der Waals surface area contributed by atoms with Gasteiger partial charge in [-0.1, -0.05) is 30.3 Å². The maximum atomic E-state index is 13.1. The number of aryl methyl sites for hydroxylation is 1. The van der Waals surface area contributed by atoms with Crippen molar-refractivity contribution in [3.05, 3.63) is 65.2 Å². The molecule has 2 aliphatic heterocycles. The Kier molecular flexibility index (Phi) is 6.77. The van der Waals surface area contributed by atoms with E-state index in [1.54, 1.807) is 49.3 Å². The molecule has 9 heteroatoms. The smallest absolute Gasteiger partial charge is 0.325 e. The Bertz CT molecular complexity index is 1140. The molecule has 5 amide bonds. The van der Waals surface area contributed by atoms with Crippen LogP contribution in [0.4, 0.5) is 4.79 Å². The second-order valence-electron chi connectivity index (χ2n) is 9.12. The highest BCUT2D eigenvalue weighted by molar-refractivity contribution is 6.09. The molecular weight excluding hydrogens is 448 g/mol. The van der Waals surface area contributed by atoms with E-state index in [9.17, 15) is 19.2 Å². The fourth-order valence-electron chi connectivity index (χ4n) is 4.56. The summed E-state index contributed by atoms with van der Waals surface area (Å²) >= 11 is 0. The van der Waals surface area contributed by atoms with Gasteiger partial charge in [-0.15, -0.1) is 0 Å². The van der Waals surface area contributed by atoms with Crippen molar-refractivity contribution in [3.8, 4) is 5.75 Å². The van der Waals surface area contributed by atoms with Crippen molar-refractivity contribution in [1.29, 1.82) is 0 Å². The minimum Gasteiger partial charge on any atom is -0.497 e. The Morgan fingerprint density at radius 3 is 2.37 bits per heavy atom. The topological polar surface area (TPSA) is 108 Å². The Hall–Kier alpha value is -3.88. The molecule has 2 aliphatic rings. The summed E-state index contributed by atoms with van der Waals surface area (Å²) in [7, 11) is 1.55. The van der Waals surface area contributed by atoms with Crippen molar-refractivity contribution in [3.63, 3.8) is 0 Å². The van der Waals surface area contributed by atoms with Crippen LogP contribution in [0, 0.1) is 6.92 Å². The molecule has 0 aliphatic carbocycles. The van der Waals surface area contributed by atoms with Crippen molar-refractivity contribution in [2.75, 3.05) is 26.7 Å². The number of methoxy groups -OCH3 is 1. The van der Waals surface area contributed by atoms with Crippen molar-refractivity contribution in [1.82, 2.24) is 20.4 Å². The highest BCUT2D eigenvalue weighted by Crippen LogP contribution is 2.30. The lowest BCUT2D eigenvalue weighted by molar-refractivity contribution is -0.139. The number of rotatable bonds is 6. The first-order chi connectivity index (χ1) is 16.7. The third-order valence-electron chi connectivity index (χ3n) is 6.81. The van der Waals surface area contributed by atoms with Crippen LogP contribution in [0.2, 0.25) is 0 Å². The van der Waals surface area contributed by atoms with Gasteiger partial charge in [0.05, 0.1) is 7.11 Å². The van der Waals surface area contributed by atoms with Gasteiger partial charge in [0, 0.05) is 24.7 Å². The molecule has 2 aromatic rings. The summed E-state index contributed by atoms with van der Waals surface area (Å²) in [4.78, 5) is 53.8. The van der Waals surface area contributed by atoms with Gasteiger partial charge < -0.3 is 20.3 Å². The van der Waals surface area contributed by atoms with Gasteiger partial charge in [-0.25, -0.2) is 4.79 Å². The second kappa shape index (κ2) is 9.77. The number of hydrogen-bond donors (Lipinski definition) is 2. The van der Waals surface area contributed by atoms with Crippen molar-refractivity contribution in [2.24, 2.45) is 0 Å². The zero-order chi connectivity index (χ0) is 25.2. The lowest BCUT2D eigenvalue weighted by Gasteiger charge is -2.33. The van der Waals surface area contributed by atoms with Gasteiger partial charge >= 0.3 is 6.03 Å². The second-order valence-corrected chi connectivity index (χ2v) is 9.12. The zero-order valence-corrected chi connectivity index (χ0v) is 20.2. The van der Waals surface area contributed by atoms with E-state index in [0.29, 0.717) is 42.8 Å². The highest BCUT2D eigenvalue weighted by atomic mass is 16.5. The van der Waals surface area contributed by atoms with Gasteiger partial charge in [0.2, 0.25) is 5.91 Å². The lowest BCUT2D eigenvalue weighted by atomic mass is 9.92. The average molecular weight is 479 g/mol. The SMILES string of the molecule is COc1ccc(C2(C)NC(=O)N(CC(=O)N3CCC(NC(=O)c4ccccc4C)CC3)C2=O)cc1. The number of ether oxygens (including phenoxy) is 1. The maximum absolute atomic E-state index is 13.1. The summed E-state index contributed by atoms with van der Waals surface area (Å²) in [5.74, 6) is -0.248. The van der Waals surface area contributed by atoms with Gasteiger partial charge in [-0.3, -0.25) is 19.3 Å². The van der Waals surface area contributed by atoms with E-state index in [4.69, 9.17) is 4.74 Å². The standard InChI is InChI=1S/C26H30N4O5/c1-17-6-4-5-7-21(17)23(32)27-19-12-14-29(15-13-19)22(31)16-30-24(33)26(2,28-25(30)34)18-8-10-20(35-3)11-9-18/h4-11,19H,12-16H2,1-3H3,(H,27,32)(H,28,34). The normalized spacial score (nSPS) is 20.5. The maximum Gasteiger partial charge on any atom is 0.325 e. The molecule has 2 saturated heterocycles. The largest absolute Gasteiger partial charge is 0.497 e. The number of benzene rings is 2. The Morgan fingerprint density at radius 2 is 1.74 bits per heavy atom. The van der Waals surface area contributed by atoms with Crippen LogP contribution >= 0.6 is 0 Å². The molecule has 2 heterocycles. The van der Waals surface area contributed by atoms with Crippen molar-refractivity contribution < 1.29 is 23.9 Å². The summed E-state index contributed by atoms with van der Waals surface area (Å²) in [6.45, 7) is 4.08. The predicted molar refractivity (Wildman–Crippen MR) is 129 cm³/mol. The van der Waals surface area contributed by atoms with Gasteiger partial charge in [0.25, 0.3) is 11.8 Å². The first-order valence-electron chi connectivity index (χ1n) is 11.7. The number of nitrogens with one attached hydrogen (secondary N) is 2. The number of urea groups is 1. The summed E-state index contributed by atoms with van der Waals surface area (Å²) in [6.07, 6.45) is 1.21. The summed E-state index contributed by atoms with van der Waals surface area (Å²) in [5.41, 5.74) is 0.908. The predicted octanol–water partition coefficient (Wildman–Crippen LogP) is 2.19. The van der Waals surface area contributed by atoms with Gasteiger partial charge in [0.15, 0.2) is 0 Å². The number of piperidine rings is 1. The van der Waals surface area contributed by atoms with Crippen LogP contribution in [0.5, 0.6) is 5.75 Å². The third-order valence-corrected chi connectivity index (χ3v) is 6.81. The Labute approximate surface area is 204 Å². The number of likely N-dealkylation sites (tertiary alicyclic amines) is 1. The summed E-state index contributed by atoms with van der Waals surface area (Å²) in [5, 5.41) is 5.76. The van der Waals surface area contributed by atoms with Crippen LogP contribution in [0.1, 0.15) is 41.3 Å². The van der Waals surface area contributed by atoms with Crippen molar-refractivity contribution in [2.45, 2.75) is 38.3 Å². The van der Waals surface area contributed by atoms with E-state index in [-0.39, 0.29) is 24.4 Å². The van der Waals surface area contributed by atoms with Crippen LogP contribution in [-0.4, -0.2) is 66.3 Å². The molecule has 1 atom stereocenters. The van der Waals surface area contributed by atoms with Crippen LogP contribution in [0.15, 0.2) is 48.5 Å². The molecule has 1 unspecified atom stereocenters. The Balaban J connectivity index is 1.33. The average Bonchev–Trinajstić information content (AvgIpc) is 3.08. The molecule has 0 bridgehead atoms. The van der Waals surface area contributed by atoms with E-state index in [2.05, 4.69) is 10.6 Å². The minimum atomic E-state index is -1.25. The molecule has 0 saturated carbocycles. The molecule has 2 fully saturated rings. The summed E-state index contributed by atoms with van der Waals surface area (Å²) in [6, 6.07) is 13.7.